The van der Waals surface area contributed by atoms with Gasteiger partial charge in [-0.05, 0) is 51.0 Å². The number of nitrogens with one attached hydrogen (secondary N) is 2. The highest BCUT2D eigenvalue weighted by Crippen LogP contribution is 2.19. The average Bonchev–Trinajstić information content (AvgIpc) is 2.67. The molecule has 0 bridgehead atoms. The summed E-state index contributed by atoms with van der Waals surface area (Å²) in [4.78, 5) is 37.5. The van der Waals surface area contributed by atoms with Crippen molar-refractivity contribution in [3.63, 3.8) is 0 Å². The maximum Gasteiger partial charge on any atom is 0.279 e. The first-order valence-corrected chi connectivity index (χ1v) is 9.15. The molecule has 27 heavy (non-hydrogen) atoms. The lowest BCUT2D eigenvalue weighted by Crippen LogP contribution is -2.52. The third-order valence-corrected chi connectivity index (χ3v) is 4.36. The minimum Gasteiger partial charge on any atom is -0.494 e. The van der Waals surface area contributed by atoms with Gasteiger partial charge in [-0.3, -0.25) is 25.2 Å². The number of piperidine rings is 1. The van der Waals surface area contributed by atoms with E-state index in [-0.39, 0.29) is 17.7 Å². The number of hydrogen-bond donors (Lipinski definition) is 2. The van der Waals surface area contributed by atoms with Gasteiger partial charge in [0.25, 0.3) is 5.91 Å². The summed E-state index contributed by atoms with van der Waals surface area (Å²) in [7, 11) is 0. The van der Waals surface area contributed by atoms with Crippen LogP contribution >= 0.6 is 0 Å². The molecule has 1 saturated heterocycles. The fourth-order valence-corrected chi connectivity index (χ4v) is 2.84. The third kappa shape index (κ3) is 6.16. The first-order valence-electron chi connectivity index (χ1n) is 9.15. The van der Waals surface area contributed by atoms with Crippen molar-refractivity contribution in [3.8, 4) is 11.5 Å². The molecule has 0 radical (unpaired) electrons. The van der Waals surface area contributed by atoms with Crippen molar-refractivity contribution < 1.29 is 23.9 Å². The molecular weight excluding hydrogens is 350 g/mol. The van der Waals surface area contributed by atoms with E-state index in [1.807, 2.05) is 6.92 Å². The Hall–Kier alpha value is -2.77. The Bertz CT molecular complexity index is 662. The second-order valence-corrected chi connectivity index (χ2v) is 6.45. The Labute approximate surface area is 159 Å². The molecule has 8 nitrogen and oxygen atoms in total. The maximum absolute atomic E-state index is 12.2. The molecule has 2 N–H and O–H groups in total. The van der Waals surface area contributed by atoms with E-state index in [1.54, 1.807) is 36.1 Å². The molecule has 1 aromatic rings. The van der Waals surface area contributed by atoms with Gasteiger partial charge in [-0.15, -0.1) is 0 Å². The molecule has 148 valence electrons. The zero-order valence-electron chi connectivity index (χ0n) is 16.0. The van der Waals surface area contributed by atoms with Gasteiger partial charge in [-0.25, -0.2) is 0 Å². The van der Waals surface area contributed by atoms with Crippen LogP contribution in [0.15, 0.2) is 24.3 Å². The van der Waals surface area contributed by atoms with Crippen molar-refractivity contribution in [3.05, 3.63) is 24.3 Å². The van der Waals surface area contributed by atoms with Gasteiger partial charge in [0.15, 0.2) is 6.10 Å². The van der Waals surface area contributed by atoms with Gasteiger partial charge in [0, 0.05) is 20.0 Å². The van der Waals surface area contributed by atoms with Crippen LogP contribution in [-0.4, -0.2) is 48.4 Å². The first-order chi connectivity index (χ1) is 12.9. The van der Waals surface area contributed by atoms with E-state index in [4.69, 9.17) is 9.47 Å². The van der Waals surface area contributed by atoms with Gasteiger partial charge in [0.2, 0.25) is 11.8 Å². The number of rotatable bonds is 6. The molecule has 1 aliphatic heterocycles. The first kappa shape index (κ1) is 20.5. The zero-order chi connectivity index (χ0) is 19.8. The van der Waals surface area contributed by atoms with Gasteiger partial charge in [-0.2, -0.15) is 0 Å². The second-order valence-electron chi connectivity index (χ2n) is 6.45. The van der Waals surface area contributed by atoms with E-state index in [0.717, 1.165) is 12.2 Å². The maximum atomic E-state index is 12.2. The summed E-state index contributed by atoms with van der Waals surface area (Å²) in [5.41, 5.74) is 4.81. The van der Waals surface area contributed by atoms with Crippen LogP contribution in [-0.2, 0) is 14.4 Å². The van der Waals surface area contributed by atoms with Crippen LogP contribution in [0, 0.1) is 5.92 Å². The highest BCUT2D eigenvalue weighted by Gasteiger charge is 2.27. The fraction of sp³-hybridized carbons (Fsp3) is 0.526. The van der Waals surface area contributed by atoms with E-state index in [9.17, 15) is 14.4 Å². The van der Waals surface area contributed by atoms with E-state index in [0.29, 0.717) is 31.9 Å². The van der Waals surface area contributed by atoms with Gasteiger partial charge in [-0.1, -0.05) is 0 Å². The minimum atomic E-state index is -0.789. The number of likely N-dealkylation sites (tertiary alicyclic amines) is 1. The Morgan fingerprint density at radius 1 is 1.19 bits per heavy atom. The number of ether oxygens (including phenoxy) is 2. The van der Waals surface area contributed by atoms with Gasteiger partial charge in [0.1, 0.15) is 11.5 Å². The van der Waals surface area contributed by atoms with E-state index < -0.39 is 12.0 Å². The lowest BCUT2D eigenvalue weighted by molar-refractivity contribution is -0.137. The third-order valence-electron chi connectivity index (χ3n) is 4.36. The van der Waals surface area contributed by atoms with E-state index in [1.165, 1.54) is 6.92 Å². The topological polar surface area (TPSA) is 97.0 Å². The second kappa shape index (κ2) is 9.80. The van der Waals surface area contributed by atoms with Crippen molar-refractivity contribution in [2.24, 2.45) is 5.92 Å². The molecule has 0 spiro atoms. The molecule has 1 fully saturated rings. The summed E-state index contributed by atoms with van der Waals surface area (Å²) < 4.78 is 10.9. The molecule has 2 rings (SSSR count). The van der Waals surface area contributed by atoms with Crippen LogP contribution in [0.3, 0.4) is 0 Å². The molecule has 0 aromatic heterocycles. The van der Waals surface area contributed by atoms with Crippen molar-refractivity contribution in [2.75, 3.05) is 19.7 Å². The van der Waals surface area contributed by atoms with Gasteiger partial charge < -0.3 is 14.4 Å². The standard InChI is InChI=1S/C19H27N3O5/c1-4-26-16-7-9-17(10-8-16)27-13(2)18(24)20-21-19(25)15-6-5-11-22(12-15)14(3)23/h7-10,13,15H,4-6,11-12H2,1-3H3,(H,20,24)(H,21,25)/t13-,15+/m1/s1. The van der Waals surface area contributed by atoms with Crippen LogP contribution in [0.5, 0.6) is 11.5 Å². The average molecular weight is 377 g/mol. The highest BCUT2D eigenvalue weighted by molar-refractivity contribution is 5.86. The summed E-state index contributed by atoms with van der Waals surface area (Å²) in [6.07, 6.45) is 0.662. The predicted molar refractivity (Wildman–Crippen MR) is 99.0 cm³/mol. The van der Waals surface area contributed by atoms with Crippen molar-refractivity contribution in [1.29, 1.82) is 0 Å². The molecule has 2 atom stereocenters. The van der Waals surface area contributed by atoms with Crippen molar-refractivity contribution in [1.82, 2.24) is 15.8 Å². The van der Waals surface area contributed by atoms with E-state index >= 15 is 0 Å². The summed E-state index contributed by atoms with van der Waals surface area (Å²) in [6, 6.07) is 6.95. The number of benzene rings is 1. The van der Waals surface area contributed by atoms with Crippen LogP contribution in [0.4, 0.5) is 0 Å². The molecular formula is C19H27N3O5. The predicted octanol–water partition coefficient (Wildman–Crippen LogP) is 1.26. The summed E-state index contributed by atoms with van der Waals surface area (Å²) in [5.74, 6) is 0.108. The molecule has 0 saturated carbocycles. The van der Waals surface area contributed by atoms with Crippen molar-refractivity contribution in [2.45, 2.75) is 39.7 Å². The smallest absolute Gasteiger partial charge is 0.279 e. The molecule has 1 aromatic carbocycles. The largest absolute Gasteiger partial charge is 0.494 e. The summed E-state index contributed by atoms with van der Waals surface area (Å²) in [6.45, 7) is 6.59. The molecule has 1 aliphatic rings. The molecule has 3 amide bonds. The Kier molecular flexibility index (Phi) is 7.45. The van der Waals surface area contributed by atoms with Crippen LogP contribution < -0.4 is 20.3 Å². The highest BCUT2D eigenvalue weighted by atomic mass is 16.5. The quantitative estimate of drug-likeness (QED) is 0.728. The lowest BCUT2D eigenvalue weighted by Gasteiger charge is -2.31. The number of amides is 3. The number of carbonyl (C=O) groups is 3. The SMILES string of the molecule is CCOc1ccc(O[C@H](C)C(=O)NNC(=O)[C@H]2CCCN(C(C)=O)C2)cc1. The Morgan fingerprint density at radius 2 is 1.85 bits per heavy atom. The minimum absolute atomic E-state index is 0.0473. The van der Waals surface area contributed by atoms with Gasteiger partial charge >= 0.3 is 0 Å². The zero-order valence-corrected chi connectivity index (χ0v) is 16.0. The van der Waals surface area contributed by atoms with Crippen LogP contribution in [0.25, 0.3) is 0 Å². The van der Waals surface area contributed by atoms with Crippen molar-refractivity contribution >= 4 is 17.7 Å². The summed E-state index contributed by atoms with van der Waals surface area (Å²) in [5, 5.41) is 0. The van der Waals surface area contributed by atoms with Crippen LogP contribution in [0.1, 0.15) is 33.6 Å². The number of carbonyl (C=O) groups excluding carboxylic acids is 3. The molecule has 0 aliphatic carbocycles. The lowest BCUT2D eigenvalue weighted by atomic mass is 9.97. The molecule has 1 heterocycles. The monoisotopic (exact) mass is 377 g/mol. The van der Waals surface area contributed by atoms with Crippen LogP contribution in [0.2, 0.25) is 0 Å². The Balaban J connectivity index is 1.78. The normalized spacial score (nSPS) is 17.6. The number of nitrogens with zero attached hydrogens (tertiary/aromatic N) is 1. The molecule has 0 unspecified atom stereocenters. The van der Waals surface area contributed by atoms with Gasteiger partial charge in [0.05, 0.1) is 12.5 Å². The number of hydrazine groups is 1. The molecule has 8 heteroatoms. The Morgan fingerprint density at radius 3 is 2.48 bits per heavy atom. The fourth-order valence-electron chi connectivity index (χ4n) is 2.84. The number of hydrogen-bond acceptors (Lipinski definition) is 5. The van der Waals surface area contributed by atoms with E-state index in [2.05, 4.69) is 10.9 Å². The summed E-state index contributed by atoms with van der Waals surface area (Å²) >= 11 is 0.